The van der Waals surface area contributed by atoms with Gasteiger partial charge < -0.3 is 14.9 Å². The van der Waals surface area contributed by atoms with Crippen LogP contribution >= 0.6 is 39.1 Å². The van der Waals surface area contributed by atoms with Crippen LogP contribution in [0.25, 0.3) is 0 Å². The van der Waals surface area contributed by atoms with Crippen LogP contribution in [-0.4, -0.2) is 6.04 Å². The van der Waals surface area contributed by atoms with Crippen molar-refractivity contribution in [2.24, 2.45) is 5.73 Å². The van der Waals surface area contributed by atoms with Gasteiger partial charge in [0.2, 0.25) is 0 Å². The van der Waals surface area contributed by atoms with E-state index >= 15 is 0 Å². The highest BCUT2D eigenvalue weighted by atomic mass is 79.9. The lowest BCUT2D eigenvalue weighted by molar-refractivity contribution is 0.152. The van der Waals surface area contributed by atoms with Gasteiger partial charge in [-0.15, -0.1) is 0 Å². The first-order valence-corrected chi connectivity index (χ1v) is 7.56. The molecule has 3 nitrogen and oxygen atoms in total. The van der Waals surface area contributed by atoms with E-state index in [1.54, 1.807) is 12.1 Å². The third-order valence-corrected chi connectivity index (χ3v) is 4.24. The molecule has 0 bridgehead atoms. The first-order valence-electron chi connectivity index (χ1n) is 6.01. The summed E-state index contributed by atoms with van der Waals surface area (Å²) in [5.41, 5.74) is 5.97. The lowest BCUT2D eigenvalue weighted by atomic mass is 10.1. The van der Waals surface area contributed by atoms with Gasteiger partial charge >= 0.3 is 0 Å². The van der Waals surface area contributed by atoms with Gasteiger partial charge in [-0.05, 0) is 48.0 Å². The summed E-state index contributed by atoms with van der Waals surface area (Å²) in [5.74, 6) is 1.93. The largest absolute Gasteiger partial charge is 0.479 e. The highest BCUT2D eigenvalue weighted by Gasteiger charge is 2.23. The van der Waals surface area contributed by atoms with Gasteiger partial charge in [-0.3, -0.25) is 0 Å². The number of benzene rings is 1. The second-order valence-corrected chi connectivity index (χ2v) is 6.21. The Morgan fingerprint density at radius 3 is 2.50 bits per heavy atom. The predicted octanol–water partition coefficient (Wildman–Crippen LogP) is 5.12. The monoisotopic (exact) mass is 377 g/mol. The summed E-state index contributed by atoms with van der Waals surface area (Å²) in [4.78, 5) is 0. The second kappa shape index (κ2) is 6.39. The van der Waals surface area contributed by atoms with Crippen molar-refractivity contribution in [2.45, 2.75) is 26.0 Å². The van der Waals surface area contributed by atoms with E-state index in [4.69, 9.17) is 38.1 Å². The molecule has 0 fully saturated rings. The maximum Gasteiger partial charge on any atom is 0.171 e. The zero-order valence-electron chi connectivity index (χ0n) is 11.0. The molecule has 0 spiro atoms. The van der Waals surface area contributed by atoms with Crippen LogP contribution in [0.2, 0.25) is 10.0 Å². The summed E-state index contributed by atoms with van der Waals surface area (Å²) in [7, 11) is 0. The zero-order valence-corrected chi connectivity index (χ0v) is 14.1. The molecule has 0 radical (unpaired) electrons. The van der Waals surface area contributed by atoms with E-state index in [1.807, 2.05) is 26.0 Å². The van der Waals surface area contributed by atoms with Crippen molar-refractivity contribution < 1.29 is 9.15 Å². The van der Waals surface area contributed by atoms with Crippen molar-refractivity contribution in [1.29, 1.82) is 0 Å². The lowest BCUT2D eigenvalue weighted by Crippen LogP contribution is -2.28. The Kier molecular flexibility index (Phi) is 5.02. The highest BCUT2D eigenvalue weighted by Crippen LogP contribution is 2.37. The summed E-state index contributed by atoms with van der Waals surface area (Å²) in [6.45, 7) is 3.71. The van der Waals surface area contributed by atoms with Gasteiger partial charge in [0, 0.05) is 16.6 Å². The Labute approximate surface area is 136 Å². The molecule has 2 N–H and O–H groups in total. The molecule has 2 rings (SSSR count). The summed E-state index contributed by atoms with van der Waals surface area (Å²) in [6.07, 6.45) is -0.432. The Morgan fingerprint density at radius 2 is 1.95 bits per heavy atom. The van der Waals surface area contributed by atoms with Crippen molar-refractivity contribution in [3.8, 4) is 5.75 Å². The van der Waals surface area contributed by atoms with E-state index in [1.165, 1.54) is 0 Å². The van der Waals surface area contributed by atoms with Crippen LogP contribution in [0.3, 0.4) is 0 Å². The summed E-state index contributed by atoms with van der Waals surface area (Å²) < 4.78 is 12.2. The molecule has 0 amide bonds. The Balaban J connectivity index is 2.32. The molecule has 20 heavy (non-hydrogen) atoms. The number of rotatable bonds is 4. The van der Waals surface area contributed by atoms with Crippen LogP contribution in [0.15, 0.2) is 33.2 Å². The number of ether oxygens (including phenoxy) is 1. The van der Waals surface area contributed by atoms with Crippen LogP contribution in [0.5, 0.6) is 5.75 Å². The van der Waals surface area contributed by atoms with Crippen LogP contribution in [0.1, 0.15) is 24.5 Å². The minimum absolute atomic E-state index is 0.265. The van der Waals surface area contributed by atoms with Gasteiger partial charge in [-0.25, -0.2) is 0 Å². The number of halogens is 3. The lowest BCUT2D eigenvalue weighted by Gasteiger charge is -2.21. The molecule has 1 aromatic carbocycles. The Morgan fingerprint density at radius 1 is 1.25 bits per heavy atom. The van der Waals surface area contributed by atoms with E-state index < -0.39 is 6.10 Å². The van der Waals surface area contributed by atoms with E-state index in [2.05, 4.69) is 15.9 Å². The van der Waals surface area contributed by atoms with Crippen LogP contribution in [0, 0.1) is 6.92 Å². The molecule has 1 heterocycles. The smallest absolute Gasteiger partial charge is 0.171 e. The van der Waals surface area contributed by atoms with E-state index in [-0.39, 0.29) is 6.04 Å². The average Bonchev–Trinajstić information content (AvgIpc) is 2.78. The summed E-state index contributed by atoms with van der Waals surface area (Å²) in [6, 6.07) is 6.78. The van der Waals surface area contributed by atoms with Gasteiger partial charge in [0.15, 0.2) is 6.10 Å². The predicted molar refractivity (Wildman–Crippen MR) is 84.6 cm³/mol. The number of nitrogens with two attached hydrogens (primary N) is 1. The molecule has 2 atom stereocenters. The van der Waals surface area contributed by atoms with Crippen molar-refractivity contribution in [3.63, 3.8) is 0 Å². The van der Waals surface area contributed by atoms with Gasteiger partial charge in [0.1, 0.15) is 17.3 Å². The number of hydrogen-bond acceptors (Lipinski definition) is 3. The molecule has 2 unspecified atom stereocenters. The maximum atomic E-state index is 6.16. The molecule has 2 aromatic rings. The molecule has 108 valence electrons. The van der Waals surface area contributed by atoms with E-state index in [0.29, 0.717) is 26.0 Å². The van der Waals surface area contributed by atoms with Crippen molar-refractivity contribution in [3.05, 3.63) is 50.3 Å². The molecule has 0 aliphatic rings. The van der Waals surface area contributed by atoms with Crippen LogP contribution in [0.4, 0.5) is 0 Å². The maximum absolute atomic E-state index is 6.16. The standard InChI is InChI=1S/C14H14BrCl2NO2/c1-7-3-4-12(19-7)14(8(2)18)20-13-6-10(16)9(15)5-11(13)17/h3-6,8,14H,18H2,1-2H3. The topological polar surface area (TPSA) is 48.4 Å². The molecule has 6 heteroatoms. The van der Waals surface area contributed by atoms with E-state index in [9.17, 15) is 0 Å². The van der Waals surface area contributed by atoms with Crippen LogP contribution in [-0.2, 0) is 0 Å². The number of hydrogen-bond donors (Lipinski definition) is 1. The SMILES string of the molecule is Cc1ccc(C(Oc2cc(Cl)c(Br)cc2Cl)C(C)N)o1. The third kappa shape index (κ3) is 3.50. The van der Waals surface area contributed by atoms with Gasteiger partial charge in [0.25, 0.3) is 0 Å². The van der Waals surface area contributed by atoms with Gasteiger partial charge in [-0.1, -0.05) is 23.2 Å². The fourth-order valence-corrected chi connectivity index (χ4v) is 2.60. The summed E-state index contributed by atoms with van der Waals surface area (Å²) in [5, 5.41) is 0.971. The molecule has 1 aromatic heterocycles. The number of furan rings is 1. The van der Waals surface area contributed by atoms with Crippen molar-refractivity contribution >= 4 is 39.1 Å². The summed E-state index contributed by atoms with van der Waals surface area (Å²) >= 11 is 15.5. The van der Waals surface area contributed by atoms with Crippen molar-refractivity contribution in [1.82, 2.24) is 0 Å². The average molecular weight is 379 g/mol. The first kappa shape index (κ1) is 15.7. The van der Waals surface area contributed by atoms with E-state index in [0.717, 1.165) is 5.76 Å². The van der Waals surface area contributed by atoms with Crippen molar-refractivity contribution in [2.75, 3.05) is 0 Å². The molecule has 0 saturated heterocycles. The number of aryl methyl sites for hydroxylation is 1. The Hall–Kier alpha value is -0.680. The second-order valence-electron chi connectivity index (χ2n) is 4.54. The fourth-order valence-electron chi connectivity index (χ4n) is 1.76. The zero-order chi connectivity index (χ0) is 14.9. The molecule has 0 saturated carbocycles. The molecular formula is C14H14BrCl2NO2. The normalized spacial score (nSPS) is 14.1. The Bertz CT molecular complexity index is 613. The van der Waals surface area contributed by atoms with Gasteiger partial charge in [-0.2, -0.15) is 0 Å². The van der Waals surface area contributed by atoms with Crippen LogP contribution < -0.4 is 10.5 Å². The first-order chi connectivity index (χ1) is 9.38. The minimum atomic E-state index is -0.432. The molecular weight excluding hydrogens is 365 g/mol. The molecule has 0 aliphatic carbocycles. The minimum Gasteiger partial charge on any atom is -0.479 e. The molecule has 0 aliphatic heterocycles. The quantitative estimate of drug-likeness (QED) is 0.750. The van der Waals surface area contributed by atoms with Gasteiger partial charge in [0.05, 0.1) is 10.0 Å². The fraction of sp³-hybridized carbons (Fsp3) is 0.286. The highest BCUT2D eigenvalue weighted by molar-refractivity contribution is 9.10. The third-order valence-electron chi connectivity index (χ3n) is 2.75.